The van der Waals surface area contributed by atoms with Crippen LogP contribution in [0, 0.1) is 0 Å². The van der Waals surface area contributed by atoms with Gasteiger partial charge in [0.1, 0.15) is 12.3 Å². The molecule has 2 aromatic heterocycles. The number of rotatable bonds is 6. The quantitative estimate of drug-likeness (QED) is 0.648. The molecule has 8 heteroatoms. The Kier molecular flexibility index (Phi) is 6.76. The Bertz CT molecular complexity index is 927. The number of carbonyl (C=O) groups excluding carboxylic acids is 2. The normalized spacial score (nSPS) is 17.9. The Balaban J connectivity index is 2.07. The highest BCUT2D eigenvalue weighted by atomic mass is 16.2. The van der Waals surface area contributed by atoms with E-state index in [0.29, 0.717) is 0 Å². The monoisotopic (exact) mass is 438 g/mol. The maximum Gasteiger partial charge on any atom is 0.246 e. The Morgan fingerprint density at radius 1 is 0.688 bits per heavy atom. The van der Waals surface area contributed by atoms with Crippen LogP contribution in [-0.4, -0.2) is 96.9 Å². The van der Waals surface area contributed by atoms with Gasteiger partial charge >= 0.3 is 0 Å². The number of nitrogens with zero attached hydrogens (tertiary/aromatic N) is 6. The van der Waals surface area contributed by atoms with E-state index in [2.05, 4.69) is 71.7 Å². The summed E-state index contributed by atoms with van der Waals surface area (Å²) in [5.74, 6) is -0.0881. The average molecular weight is 439 g/mol. The van der Waals surface area contributed by atoms with Gasteiger partial charge in [0.25, 0.3) is 0 Å². The van der Waals surface area contributed by atoms with Crippen LogP contribution < -0.4 is 0 Å². The fourth-order valence-electron chi connectivity index (χ4n) is 4.00. The van der Waals surface area contributed by atoms with Crippen molar-refractivity contribution in [3.05, 3.63) is 59.2 Å². The molecule has 0 N–H and O–H groups in total. The van der Waals surface area contributed by atoms with Gasteiger partial charge in [0.15, 0.2) is 0 Å². The van der Waals surface area contributed by atoms with Crippen LogP contribution in [-0.2, 0) is 9.59 Å². The highest BCUT2D eigenvalue weighted by Crippen LogP contribution is 2.38. The maximum absolute atomic E-state index is 12.0. The molecule has 0 saturated heterocycles. The van der Waals surface area contributed by atoms with E-state index in [-0.39, 0.29) is 24.1 Å². The van der Waals surface area contributed by atoms with Crippen molar-refractivity contribution >= 4 is 24.0 Å². The molecule has 2 unspecified atom stereocenters. The van der Waals surface area contributed by atoms with Crippen molar-refractivity contribution in [2.24, 2.45) is 0 Å². The molecule has 1 aliphatic rings. The second kappa shape index (κ2) is 9.18. The summed E-state index contributed by atoms with van der Waals surface area (Å²) in [5, 5.41) is 0. The third-order valence-corrected chi connectivity index (χ3v) is 5.55. The molecule has 3 rings (SSSR count). The molecule has 0 bridgehead atoms. The molecule has 2 aromatic rings. The van der Waals surface area contributed by atoms with Gasteiger partial charge in [0.05, 0.1) is 11.4 Å². The van der Waals surface area contributed by atoms with E-state index < -0.39 is 0 Å². The molecule has 0 fully saturated rings. The zero-order chi connectivity index (χ0) is 23.7. The van der Waals surface area contributed by atoms with Crippen LogP contribution in [0.4, 0.5) is 0 Å². The van der Waals surface area contributed by atoms with Gasteiger partial charge in [-0.2, -0.15) is 0 Å². The Morgan fingerprint density at radius 2 is 1.03 bits per heavy atom. The SMILES string of the molecule is CN(C)C(=O)/C=C/c1cc2n(c1)C(N(C)C)c1cc(/C=C/C(=O)N(C)C)cn1C2N(C)C. The minimum Gasteiger partial charge on any atom is -0.345 e. The van der Waals surface area contributed by atoms with Crippen molar-refractivity contribution in [3.63, 3.8) is 0 Å². The number of likely N-dealkylation sites (N-methyl/N-ethyl adjacent to an activating group) is 2. The Morgan fingerprint density at radius 3 is 1.31 bits per heavy atom. The third kappa shape index (κ3) is 4.56. The maximum atomic E-state index is 12.0. The van der Waals surface area contributed by atoms with Crippen LogP contribution in [0.25, 0.3) is 12.2 Å². The molecule has 0 spiro atoms. The van der Waals surface area contributed by atoms with Gasteiger partial charge in [-0.15, -0.1) is 0 Å². The lowest BCUT2D eigenvalue weighted by Gasteiger charge is -2.39. The summed E-state index contributed by atoms with van der Waals surface area (Å²) in [6, 6.07) is 4.27. The van der Waals surface area contributed by atoms with E-state index in [4.69, 9.17) is 0 Å². The first-order valence-corrected chi connectivity index (χ1v) is 10.6. The van der Waals surface area contributed by atoms with E-state index in [1.807, 2.05) is 12.2 Å². The number of hydrogen-bond acceptors (Lipinski definition) is 4. The highest BCUT2D eigenvalue weighted by molar-refractivity contribution is 5.92. The van der Waals surface area contributed by atoms with Crippen molar-refractivity contribution in [1.29, 1.82) is 0 Å². The molecule has 2 atom stereocenters. The lowest BCUT2D eigenvalue weighted by Crippen LogP contribution is -2.40. The molecule has 172 valence electrons. The van der Waals surface area contributed by atoms with Gasteiger partial charge < -0.3 is 18.9 Å². The summed E-state index contributed by atoms with van der Waals surface area (Å²) in [7, 11) is 15.2. The number of amides is 2. The number of aromatic nitrogens is 2. The molecular weight excluding hydrogens is 404 g/mol. The zero-order valence-corrected chi connectivity index (χ0v) is 20.3. The molecule has 8 nitrogen and oxygen atoms in total. The van der Waals surface area contributed by atoms with Crippen molar-refractivity contribution in [1.82, 2.24) is 28.7 Å². The summed E-state index contributed by atoms with van der Waals surface area (Å²) in [4.78, 5) is 31.5. The van der Waals surface area contributed by atoms with Crippen LogP contribution in [0.1, 0.15) is 34.8 Å². The number of carbonyl (C=O) groups is 2. The molecular formula is C24H34N6O2. The molecule has 32 heavy (non-hydrogen) atoms. The molecule has 1 aliphatic heterocycles. The summed E-state index contributed by atoms with van der Waals surface area (Å²) < 4.78 is 4.52. The molecule has 0 aromatic carbocycles. The van der Waals surface area contributed by atoms with Gasteiger partial charge in [-0.1, -0.05) is 0 Å². The first kappa shape index (κ1) is 23.6. The first-order chi connectivity index (χ1) is 15.0. The predicted molar refractivity (Wildman–Crippen MR) is 128 cm³/mol. The Hall–Kier alpha value is -3.10. The molecule has 2 amide bonds. The molecule has 0 saturated carbocycles. The summed E-state index contributed by atoms with van der Waals surface area (Å²) in [6.45, 7) is 0. The van der Waals surface area contributed by atoms with Gasteiger partial charge in [-0.05, 0) is 63.6 Å². The van der Waals surface area contributed by atoms with Gasteiger partial charge in [0, 0.05) is 52.7 Å². The van der Waals surface area contributed by atoms with Gasteiger partial charge in [0.2, 0.25) is 11.8 Å². The molecule has 0 aliphatic carbocycles. The summed E-state index contributed by atoms with van der Waals surface area (Å²) in [6.07, 6.45) is 11.1. The van der Waals surface area contributed by atoms with E-state index in [1.165, 1.54) is 0 Å². The fraction of sp³-hybridized carbons (Fsp3) is 0.417. The van der Waals surface area contributed by atoms with Crippen molar-refractivity contribution in [2.75, 3.05) is 56.4 Å². The number of hydrogen-bond donors (Lipinski definition) is 0. The average Bonchev–Trinajstić information content (AvgIpc) is 3.30. The van der Waals surface area contributed by atoms with Crippen LogP contribution in [0.3, 0.4) is 0 Å². The highest BCUT2D eigenvalue weighted by Gasteiger charge is 2.34. The topological polar surface area (TPSA) is 57.0 Å². The van der Waals surface area contributed by atoms with Crippen molar-refractivity contribution in [3.8, 4) is 0 Å². The second-order valence-corrected chi connectivity index (χ2v) is 9.02. The molecule has 3 heterocycles. The summed E-state index contributed by atoms with van der Waals surface area (Å²) >= 11 is 0. The standard InChI is InChI=1S/C24H34N6O2/c1-25(2)21(31)11-9-17-13-19-23(27(5)6)30-16-18(10-12-22(32)26(3)4)14-20(30)24(28(7)8)29(19)15-17/h9-16,23-24H,1-8H3/b11-9+,12-10+. The second-order valence-electron chi connectivity index (χ2n) is 9.02. The van der Waals surface area contributed by atoms with E-state index in [0.717, 1.165) is 22.5 Å². The minimum absolute atomic E-state index is 0.0143. The minimum atomic E-state index is -0.0440. The van der Waals surface area contributed by atoms with Crippen LogP contribution in [0.15, 0.2) is 36.7 Å². The van der Waals surface area contributed by atoms with Crippen molar-refractivity contribution in [2.45, 2.75) is 12.3 Å². The van der Waals surface area contributed by atoms with Crippen LogP contribution >= 0.6 is 0 Å². The first-order valence-electron chi connectivity index (χ1n) is 10.6. The lowest BCUT2D eigenvalue weighted by molar-refractivity contribution is -0.124. The van der Waals surface area contributed by atoms with Gasteiger partial charge in [-0.3, -0.25) is 19.4 Å². The van der Waals surface area contributed by atoms with E-state index in [9.17, 15) is 9.59 Å². The van der Waals surface area contributed by atoms with Crippen molar-refractivity contribution < 1.29 is 9.59 Å². The third-order valence-electron chi connectivity index (χ3n) is 5.55. The predicted octanol–water partition coefficient (Wildman–Crippen LogP) is 2.02. The lowest BCUT2D eigenvalue weighted by atomic mass is 10.1. The van der Waals surface area contributed by atoms with E-state index >= 15 is 0 Å². The smallest absolute Gasteiger partial charge is 0.246 e. The van der Waals surface area contributed by atoms with E-state index in [1.54, 1.807) is 50.1 Å². The Labute approximate surface area is 190 Å². The summed E-state index contributed by atoms with van der Waals surface area (Å²) in [5.41, 5.74) is 4.23. The van der Waals surface area contributed by atoms with Crippen LogP contribution in [0.2, 0.25) is 0 Å². The molecule has 0 radical (unpaired) electrons. The van der Waals surface area contributed by atoms with Crippen LogP contribution in [0.5, 0.6) is 0 Å². The largest absolute Gasteiger partial charge is 0.345 e. The number of fused-ring (bicyclic) bond motifs is 2. The zero-order valence-electron chi connectivity index (χ0n) is 20.3. The van der Waals surface area contributed by atoms with Gasteiger partial charge in [-0.25, -0.2) is 0 Å². The fourth-order valence-corrected chi connectivity index (χ4v) is 4.00.